The number of aliphatic hydroxyl groups is 2. The van der Waals surface area contributed by atoms with Gasteiger partial charge in [0.2, 0.25) is 0 Å². The average molecular weight is 263 g/mol. The summed E-state index contributed by atoms with van der Waals surface area (Å²) in [6.07, 6.45) is 3.55. The molecular formula is C8H27ClN4O3. The van der Waals surface area contributed by atoms with Crippen LogP contribution in [0, 0.1) is 0 Å². The van der Waals surface area contributed by atoms with Crippen molar-refractivity contribution in [3.63, 3.8) is 0 Å². The molecule has 0 spiro atoms. The first-order valence-corrected chi connectivity index (χ1v) is 5.41. The molecule has 0 saturated carbocycles. The number of hydrazine groups is 2. The lowest BCUT2D eigenvalue weighted by atomic mass is 10.3. The Labute approximate surface area is 102 Å². The van der Waals surface area contributed by atoms with E-state index in [2.05, 4.69) is 17.1 Å². The Bertz CT molecular complexity index is 76.3. The van der Waals surface area contributed by atoms with Crippen LogP contribution in [0.15, 0.2) is 0 Å². The molecule has 0 rings (SSSR count). The number of aliphatic hydroxyl groups excluding tert-OH is 2. The molecule has 0 atom stereocenters. The first-order chi connectivity index (χ1) is 7.33. The summed E-state index contributed by atoms with van der Waals surface area (Å²) in [5.41, 5.74) is 2.49. The molecule has 0 aliphatic carbocycles. The minimum absolute atomic E-state index is 0. The van der Waals surface area contributed by atoms with Crippen molar-refractivity contribution in [2.24, 2.45) is 17.5 Å². The number of alkyl halides is 1. The quantitative estimate of drug-likeness (QED) is 0.137. The van der Waals surface area contributed by atoms with E-state index in [1.807, 2.05) is 0 Å². The zero-order valence-electron chi connectivity index (χ0n) is 9.66. The molecule has 0 aromatic carbocycles. The van der Waals surface area contributed by atoms with Gasteiger partial charge < -0.3 is 15.7 Å². The van der Waals surface area contributed by atoms with Gasteiger partial charge in [-0.05, 0) is 25.7 Å². The molecule has 0 saturated heterocycles. The Balaban J connectivity index is -0.0000000743. The maximum absolute atomic E-state index is 8.22. The van der Waals surface area contributed by atoms with Gasteiger partial charge in [-0.25, -0.2) is 0 Å². The van der Waals surface area contributed by atoms with Crippen molar-refractivity contribution in [2.75, 3.05) is 25.6 Å². The molecule has 0 aliphatic heterocycles. The van der Waals surface area contributed by atoms with Crippen LogP contribution in [-0.2, 0) is 0 Å². The third-order valence-corrected chi connectivity index (χ3v) is 1.54. The van der Waals surface area contributed by atoms with Crippen LogP contribution in [0.2, 0.25) is 0 Å². The van der Waals surface area contributed by atoms with Crippen molar-refractivity contribution in [1.82, 2.24) is 5.43 Å². The molecule has 8 heteroatoms. The predicted octanol–water partition coefficient (Wildman–Crippen LogP) is -1.79. The summed E-state index contributed by atoms with van der Waals surface area (Å²) < 4.78 is 0. The first kappa shape index (κ1) is 25.0. The number of nitrogens with two attached hydrogens (primary N) is 3. The highest BCUT2D eigenvalue weighted by Crippen LogP contribution is 1.87. The molecule has 0 heterocycles. The van der Waals surface area contributed by atoms with E-state index in [4.69, 9.17) is 27.7 Å². The fraction of sp³-hybridized carbons (Fsp3) is 1.00. The van der Waals surface area contributed by atoms with E-state index in [1.165, 1.54) is 0 Å². The van der Waals surface area contributed by atoms with E-state index >= 15 is 0 Å². The van der Waals surface area contributed by atoms with Gasteiger partial charge >= 0.3 is 0 Å². The normalized spacial score (nSPS) is 7.88. The number of unbranched alkanes of at least 4 members (excludes halogenated alkanes) is 2. The second-order valence-electron chi connectivity index (χ2n) is 2.50. The van der Waals surface area contributed by atoms with Crippen LogP contribution in [-0.4, -0.2) is 41.3 Å². The average Bonchev–Trinajstić information content (AvgIpc) is 2.31. The lowest BCUT2D eigenvalue weighted by Gasteiger charge is -1.92. The van der Waals surface area contributed by atoms with Crippen LogP contribution < -0.4 is 23.0 Å². The zero-order valence-corrected chi connectivity index (χ0v) is 10.4. The maximum atomic E-state index is 8.22. The van der Waals surface area contributed by atoms with Crippen molar-refractivity contribution in [1.29, 1.82) is 0 Å². The lowest BCUT2D eigenvalue weighted by molar-refractivity contribution is 0.284. The van der Waals surface area contributed by atoms with E-state index in [0.717, 1.165) is 32.2 Å². The Morgan fingerprint density at radius 3 is 1.62 bits per heavy atom. The zero-order chi connectivity index (χ0) is 12.4. The maximum Gasteiger partial charge on any atom is 0.0431 e. The second kappa shape index (κ2) is 36.3. The SMILES string of the molecule is NN.NNCCCCO.O.OCCCCCl. The lowest BCUT2D eigenvalue weighted by Crippen LogP contribution is -2.22. The molecule has 0 aromatic heterocycles. The molecule has 0 bridgehead atoms. The van der Waals surface area contributed by atoms with Gasteiger partial charge in [-0.1, -0.05) is 0 Å². The molecule has 0 fully saturated rings. The van der Waals surface area contributed by atoms with E-state index in [0.29, 0.717) is 5.88 Å². The highest BCUT2D eigenvalue weighted by Gasteiger charge is 1.80. The van der Waals surface area contributed by atoms with E-state index < -0.39 is 0 Å². The van der Waals surface area contributed by atoms with Gasteiger partial charge in [0.15, 0.2) is 0 Å². The smallest absolute Gasteiger partial charge is 0.0431 e. The van der Waals surface area contributed by atoms with Crippen molar-refractivity contribution in [2.45, 2.75) is 25.7 Å². The number of halogens is 1. The van der Waals surface area contributed by atoms with Gasteiger partial charge in [-0.3, -0.25) is 23.0 Å². The molecule has 7 nitrogen and oxygen atoms in total. The van der Waals surface area contributed by atoms with Crippen molar-refractivity contribution < 1.29 is 15.7 Å². The molecule has 0 radical (unpaired) electrons. The van der Waals surface area contributed by atoms with Crippen molar-refractivity contribution >= 4 is 11.6 Å². The van der Waals surface area contributed by atoms with Gasteiger partial charge in [-0.15, -0.1) is 11.6 Å². The van der Waals surface area contributed by atoms with Crippen LogP contribution in [0.4, 0.5) is 0 Å². The van der Waals surface area contributed by atoms with Gasteiger partial charge in [0, 0.05) is 25.6 Å². The van der Waals surface area contributed by atoms with Gasteiger partial charge in [0.25, 0.3) is 0 Å². The fourth-order valence-corrected chi connectivity index (χ4v) is 0.734. The molecule has 0 aromatic rings. The Hall–Kier alpha value is 0.01000. The third-order valence-electron chi connectivity index (χ3n) is 1.27. The molecule has 0 amide bonds. The van der Waals surface area contributed by atoms with E-state index in [9.17, 15) is 0 Å². The second-order valence-corrected chi connectivity index (χ2v) is 2.88. The van der Waals surface area contributed by atoms with E-state index in [-0.39, 0.29) is 18.7 Å². The first-order valence-electron chi connectivity index (χ1n) is 4.88. The van der Waals surface area contributed by atoms with Crippen LogP contribution in [0.25, 0.3) is 0 Å². The predicted molar refractivity (Wildman–Crippen MR) is 67.5 cm³/mol. The molecule has 16 heavy (non-hydrogen) atoms. The molecule has 104 valence electrons. The molecule has 0 unspecified atom stereocenters. The number of rotatable bonds is 7. The van der Waals surface area contributed by atoms with Crippen LogP contribution in [0.5, 0.6) is 0 Å². The van der Waals surface area contributed by atoms with Crippen molar-refractivity contribution in [3.8, 4) is 0 Å². The summed E-state index contributed by atoms with van der Waals surface area (Å²) in [6, 6.07) is 0. The number of hydrogen-bond donors (Lipinski definition) is 6. The fourth-order valence-electron chi connectivity index (χ4n) is 0.545. The highest BCUT2D eigenvalue weighted by molar-refractivity contribution is 6.17. The summed E-state index contributed by atoms with van der Waals surface area (Å²) in [5.74, 6) is 13.6. The van der Waals surface area contributed by atoms with Crippen molar-refractivity contribution in [3.05, 3.63) is 0 Å². The Morgan fingerprint density at radius 2 is 1.38 bits per heavy atom. The summed E-state index contributed by atoms with van der Waals surface area (Å²) in [5, 5.41) is 16.4. The minimum Gasteiger partial charge on any atom is -0.412 e. The standard InChI is InChI=1S/C4H9ClO.C4H12N2O.H4N2.H2O/c5-3-1-2-4-6;5-6-3-1-2-4-7;1-2;/h6H,1-4H2;6-7H,1-5H2;1-2H2;1H2. The largest absolute Gasteiger partial charge is 0.412 e. The Kier molecular flexibility index (Phi) is 56.7. The number of nitrogens with one attached hydrogen (secondary N) is 1. The van der Waals surface area contributed by atoms with E-state index in [1.54, 1.807) is 0 Å². The van der Waals surface area contributed by atoms with Gasteiger partial charge in [0.05, 0.1) is 0 Å². The molecular weight excluding hydrogens is 236 g/mol. The summed E-state index contributed by atoms with van der Waals surface area (Å²) in [6.45, 7) is 1.33. The van der Waals surface area contributed by atoms with Crippen LogP contribution in [0.1, 0.15) is 25.7 Å². The summed E-state index contributed by atoms with van der Waals surface area (Å²) in [7, 11) is 0. The van der Waals surface area contributed by atoms with Crippen LogP contribution in [0.3, 0.4) is 0 Å². The summed E-state index contributed by atoms with van der Waals surface area (Å²) in [4.78, 5) is 0. The molecule has 0 aliphatic rings. The van der Waals surface area contributed by atoms with Gasteiger partial charge in [-0.2, -0.15) is 0 Å². The molecule has 11 N–H and O–H groups in total. The topological polar surface area (TPSA) is 162 Å². The minimum atomic E-state index is 0. The highest BCUT2D eigenvalue weighted by atomic mass is 35.5. The third kappa shape index (κ3) is 48.3. The number of hydrogen-bond acceptors (Lipinski definition) is 6. The Morgan fingerprint density at radius 1 is 0.938 bits per heavy atom. The van der Waals surface area contributed by atoms with Gasteiger partial charge in [0.1, 0.15) is 0 Å². The van der Waals surface area contributed by atoms with Crippen LogP contribution >= 0.6 is 11.6 Å². The monoisotopic (exact) mass is 262 g/mol. The summed E-state index contributed by atoms with van der Waals surface area (Å²) >= 11 is 5.27.